The van der Waals surface area contributed by atoms with Crippen LogP contribution in [-0.4, -0.2) is 29.9 Å². The van der Waals surface area contributed by atoms with E-state index in [0.29, 0.717) is 13.2 Å². The smallest absolute Gasteiger partial charge is 0.0677 e. The Hall–Kier alpha value is -1.97. The Morgan fingerprint density at radius 3 is 2.54 bits per heavy atom. The molecule has 1 heterocycles. The topological polar surface area (TPSA) is 42.4 Å². The van der Waals surface area contributed by atoms with E-state index in [1.807, 2.05) is 26.1 Å². The number of ether oxygens (including phenoxy) is 1. The van der Waals surface area contributed by atoms with Crippen molar-refractivity contribution in [2.75, 3.05) is 19.8 Å². The van der Waals surface area contributed by atoms with Gasteiger partial charge in [-0.2, -0.15) is 0 Å². The molecule has 128 valence electrons. The second-order valence-electron chi connectivity index (χ2n) is 7.09. The van der Waals surface area contributed by atoms with E-state index < -0.39 is 0 Å². The SMILES string of the molecule is CC(=Cc1ccc(Cc2cccnc2)cc1)COCC(C)(C)CO. The summed E-state index contributed by atoms with van der Waals surface area (Å²) >= 11 is 0. The van der Waals surface area contributed by atoms with E-state index in [4.69, 9.17) is 4.74 Å². The van der Waals surface area contributed by atoms with Crippen LogP contribution in [0.2, 0.25) is 0 Å². The molecule has 2 rings (SSSR count). The number of hydrogen-bond donors (Lipinski definition) is 1. The van der Waals surface area contributed by atoms with Crippen molar-refractivity contribution in [3.63, 3.8) is 0 Å². The van der Waals surface area contributed by atoms with Crippen molar-refractivity contribution in [1.82, 2.24) is 4.98 Å². The number of rotatable bonds is 8. The molecule has 0 atom stereocenters. The molecule has 1 N–H and O–H groups in total. The quantitative estimate of drug-likeness (QED) is 0.794. The lowest BCUT2D eigenvalue weighted by Gasteiger charge is -2.21. The lowest BCUT2D eigenvalue weighted by Crippen LogP contribution is -2.23. The number of aliphatic hydroxyl groups is 1. The van der Waals surface area contributed by atoms with Crippen LogP contribution in [0.25, 0.3) is 6.08 Å². The molecule has 0 saturated carbocycles. The van der Waals surface area contributed by atoms with Gasteiger partial charge >= 0.3 is 0 Å². The van der Waals surface area contributed by atoms with Crippen LogP contribution in [0.5, 0.6) is 0 Å². The Bertz CT molecular complexity index is 645. The summed E-state index contributed by atoms with van der Waals surface area (Å²) in [5.41, 5.74) is 4.65. The number of nitrogens with zero attached hydrogens (tertiary/aromatic N) is 1. The molecule has 1 aromatic carbocycles. The average Bonchev–Trinajstić information content (AvgIpc) is 2.57. The summed E-state index contributed by atoms with van der Waals surface area (Å²) in [5, 5.41) is 9.23. The van der Waals surface area contributed by atoms with Crippen LogP contribution in [0.4, 0.5) is 0 Å². The fourth-order valence-electron chi connectivity index (χ4n) is 2.33. The summed E-state index contributed by atoms with van der Waals surface area (Å²) < 4.78 is 5.69. The van der Waals surface area contributed by atoms with Gasteiger partial charge in [-0.3, -0.25) is 4.98 Å². The predicted molar refractivity (Wildman–Crippen MR) is 98.8 cm³/mol. The van der Waals surface area contributed by atoms with Crippen LogP contribution < -0.4 is 0 Å². The first kappa shape index (κ1) is 18.4. The van der Waals surface area contributed by atoms with Crippen LogP contribution in [0.1, 0.15) is 37.5 Å². The average molecular weight is 325 g/mol. The zero-order chi connectivity index (χ0) is 17.4. The van der Waals surface area contributed by atoms with E-state index in [0.717, 1.165) is 6.42 Å². The molecule has 0 bridgehead atoms. The fraction of sp³-hybridized carbons (Fsp3) is 0.381. The molecule has 1 aromatic heterocycles. The number of benzene rings is 1. The summed E-state index contributed by atoms with van der Waals surface area (Å²) in [5.74, 6) is 0. The Morgan fingerprint density at radius 1 is 1.17 bits per heavy atom. The van der Waals surface area contributed by atoms with Crippen molar-refractivity contribution < 1.29 is 9.84 Å². The Labute approximate surface area is 145 Å². The first-order valence-corrected chi connectivity index (χ1v) is 8.32. The molecule has 2 aromatic rings. The third kappa shape index (κ3) is 6.26. The van der Waals surface area contributed by atoms with Crippen molar-refractivity contribution in [1.29, 1.82) is 0 Å². The zero-order valence-corrected chi connectivity index (χ0v) is 14.8. The highest BCUT2D eigenvalue weighted by atomic mass is 16.5. The van der Waals surface area contributed by atoms with E-state index in [2.05, 4.69) is 48.3 Å². The van der Waals surface area contributed by atoms with Crippen LogP contribution in [0.3, 0.4) is 0 Å². The number of aromatic nitrogens is 1. The lowest BCUT2D eigenvalue weighted by atomic mass is 9.96. The third-order valence-corrected chi connectivity index (χ3v) is 3.77. The highest BCUT2D eigenvalue weighted by Gasteiger charge is 2.16. The summed E-state index contributed by atoms with van der Waals surface area (Å²) in [4.78, 5) is 4.15. The van der Waals surface area contributed by atoms with Gasteiger partial charge in [0.15, 0.2) is 0 Å². The van der Waals surface area contributed by atoms with Crippen molar-refractivity contribution in [3.8, 4) is 0 Å². The minimum absolute atomic E-state index is 0.133. The predicted octanol–water partition coefficient (Wildman–Crippen LogP) is 4.11. The molecule has 0 aliphatic rings. The van der Waals surface area contributed by atoms with Crippen LogP contribution in [0.15, 0.2) is 54.4 Å². The fourth-order valence-corrected chi connectivity index (χ4v) is 2.33. The molecule has 0 aliphatic carbocycles. The minimum Gasteiger partial charge on any atom is -0.396 e. The molecule has 3 nitrogen and oxygen atoms in total. The van der Waals surface area contributed by atoms with Crippen molar-refractivity contribution in [2.24, 2.45) is 5.41 Å². The molecule has 0 amide bonds. The number of hydrogen-bond acceptors (Lipinski definition) is 3. The molecular weight excluding hydrogens is 298 g/mol. The molecule has 0 radical (unpaired) electrons. The molecule has 24 heavy (non-hydrogen) atoms. The van der Waals surface area contributed by atoms with Gasteiger partial charge in [-0.1, -0.05) is 50.3 Å². The van der Waals surface area contributed by atoms with Crippen molar-refractivity contribution in [2.45, 2.75) is 27.2 Å². The van der Waals surface area contributed by atoms with Gasteiger partial charge in [-0.25, -0.2) is 0 Å². The van der Waals surface area contributed by atoms with E-state index in [-0.39, 0.29) is 12.0 Å². The molecule has 0 fully saturated rings. The van der Waals surface area contributed by atoms with Gasteiger partial charge in [-0.15, -0.1) is 0 Å². The van der Waals surface area contributed by atoms with Gasteiger partial charge in [0.05, 0.1) is 19.8 Å². The molecule has 0 spiro atoms. The lowest BCUT2D eigenvalue weighted by molar-refractivity contribution is 0.0381. The van der Waals surface area contributed by atoms with Crippen LogP contribution in [-0.2, 0) is 11.2 Å². The highest BCUT2D eigenvalue weighted by Crippen LogP contribution is 2.15. The zero-order valence-electron chi connectivity index (χ0n) is 14.8. The van der Waals surface area contributed by atoms with Crippen LogP contribution in [0, 0.1) is 5.41 Å². The van der Waals surface area contributed by atoms with Crippen LogP contribution >= 0.6 is 0 Å². The maximum atomic E-state index is 9.23. The summed E-state index contributed by atoms with van der Waals surface area (Å²) in [6, 6.07) is 12.6. The first-order chi connectivity index (χ1) is 11.5. The minimum atomic E-state index is -0.186. The standard InChI is InChI=1S/C21H27NO2/c1-17(14-24-16-21(2,3)15-23)11-18-6-8-19(9-7-18)12-20-5-4-10-22-13-20/h4-11,13,23H,12,14-16H2,1-3H3. The Morgan fingerprint density at radius 2 is 1.92 bits per heavy atom. The monoisotopic (exact) mass is 325 g/mol. The van der Waals surface area contributed by atoms with Gasteiger partial charge in [0.1, 0.15) is 0 Å². The maximum Gasteiger partial charge on any atom is 0.0677 e. The number of pyridine rings is 1. The van der Waals surface area contributed by atoms with E-state index >= 15 is 0 Å². The summed E-state index contributed by atoms with van der Waals surface area (Å²) in [6.45, 7) is 7.32. The van der Waals surface area contributed by atoms with E-state index in [1.54, 1.807) is 6.20 Å². The molecule has 0 unspecified atom stereocenters. The third-order valence-electron chi connectivity index (χ3n) is 3.77. The largest absolute Gasteiger partial charge is 0.396 e. The Balaban J connectivity index is 1.88. The first-order valence-electron chi connectivity index (χ1n) is 8.32. The van der Waals surface area contributed by atoms with Gasteiger partial charge in [0.2, 0.25) is 0 Å². The molecule has 3 heteroatoms. The molecule has 0 aliphatic heterocycles. The van der Waals surface area contributed by atoms with Gasteiger partial charge in [0.25, 0.3) is 0 Å². The van der Waals surface area contributed by atoms with Crippen molar-refractivity contribution in [3.05, 3.63) is 71.1 Å². The van der Waals surface area contributed by atoms with Crippen molar-refractivity contribution >= 4 is 6.08 Å². The number of aliphatic hydroxyl groups excluding tert-OH is 1. The van der Waals surface area contributed by atoms with Gasteiger partial charge in [-0.05, 0) is 41.7 Å². The normalized spacial score (nSPS) is 12.4. The maximum absolute atomic E-state index is 9.23. The summed E-state index contributed by atoms with van der Waals surface area (Å²) in [7, 11) is 0. The van der Waals surface area contributed by atoms with Gasteiger partial charge in [0, 0.05) is 17.8 Å². The van der Waals surface area contributed by atoms with E-state index in [9.17, 15) is 5.11 Å². The second kappa shape index (κ2) is 8.76. The molecule has 0 saturated heterocycles. The highest BCUT2D eigenvalue weighted by molar-refractivity contribution is 5.53. The van der Waals surface area contributed by atoms with Gasteiger partial charge < -0.3 is 9.84 Å². The summed E-state index contributed by atoms with van der Waals surface area (Å²) in [6.07, 6.45) is 6.74. The van der Waals surface area contributed by atoms with E-state index in [1.165, 1.54) is 22.3 Å². The molecular formula is C21H27NO2. The second-order valence-corrected chi connectivity index (χ2v) is 7.09. The Kier molecular flexibility index (Phi) is 6.71.